The van der Waals surface area contributed by atoms with E-state index in [4.69, 9.17) is 4.74 Å². The zero-order chi connectivity index (χ0) is 22.9. The second-order valence-electron chi connectivity index (χ2n) is 7.31. The molecule has 0 saturated heterocycles. The van der Waals surface area contributed by atoms with Gasteiger partial charge in [0.15, 0.2) is 6.10 Å². The molecule has 0 fully saturated rings. The van der Waals surface area contributed by atoms with Gasteiger partial charge in [-0.1, -0.05) is 56.7 Å². The van der Waals surface area contributed by atoms with E-state index >= 15 is 0 Å². The number of carbonyl (C=O) groups excluding carboxylic acids is 2. The van der Waals surface area contributed by atoms with E-state index in [1.54, 1.807) is 19.1 Å². The van der Waals surface area contributed by atoms with Crippen molar-refractivity contribution < 1.29 is 22.7 Å². The molecule has 2 unspecified atom stereocenters. The maximum absolute atomic E-state index is 12.6. The minimum atomic E-state index is -3.48. The number of sulfonamides is 1. The van der Waals surface area contributed by atoms with Crippen LogP contribution in [-0.2, 0) is 19.6 Å². The van der Waals surface area contributed by atoms with Crippen LogP contribution >= 0.6 is 0 Å². The molecule has 0 bridgehead atoms. The van der Waals surface area contributed by atoms with Gasteiger partial charge in [0, 0.05) is 5.69 Å². The molecule has 168 valence electrons. The molecular formula is C23H30N2O5S. The number of hydrogen-bond acceptors (Lipinski definition) is 5. The lowest BCUT2D eigenvalue weighted by atomic mass is 10.0. The lowest BCUT2D eigenvalue weighted by Gasteiger charge is -2.21. The number of esters is 1. The summed E-state index contributed by atoms with van der Waals surface area (Å²) in [4.78, 5) is 25.1. The number of benzene rings is 2. The third kappa shape index (κ3) is 7.71. The van der Waals surface area contributed by atoms with Gasteiger partial charge in [-0.15, -0.1) is 0 Å². The third-order valence-corrected chi connectivity index (χ3v) is 6.09. The molecule has 0 aliphatic rings. The summed E-state index contributed by atoms with van der Waals surface area (Å²) in [6, 6.07) is 15.5. The molecule has 0 radical (unpaired) electrons. The van der Waals surface area contributed by atoms with Crippen LogP contribution in [0.2, 0.25) is 0 Å². The average molecular weight is 447 g/mol. The van der Waals surface area contributed by atoms with E-state index in [1.165, 1.54) is 19.1 Å². The van der Waals surface area contributed by atoms with Gasteiger partial charge in [0.2, 0.25) is 10.0 Å². The topological polar surface area (TPSA) is 102 Å². The van der Waals surface area contributed by atoms with E-state index in [1.807, 2.05) is 37.3 Å². The highest BCUT2D eigenvalue weighted by Crippen LogP contribution is 2.19. The van der Waals surface area contributed by atoms with Gasteiger partial charge in [-0.2, -0.15) is 0 Å². The Morgan fingerprint density at radius 2 is 1.71 bits per heavy atom. The second kappa shape index (κ2) is 11.5. The van der Waals surface area contributed by atoms with E-state index in [0.717, 1.165) is 18.4 Å². The molecule has 0 heterocycles. The van der Waals surface area contributed by atoms with Crippen molar-refractivity contribution in [1.82, 2.24) is 5.32 Å². The van der Waals surface area contributed by atoms with E-state index < -0.39 is 28.0 Å². The van der Waals surface area contributed by atoms with Crippen LogP contribution in [0.4, 0.5) is 5.69 Å². The number of anilines is 1. The third-order valence-electron chi connectivity index (χ3n) is 4.59. The van der Waals surface area contributed by atoms with Crippen LogP contribution in [0.1, 0.15) is 62.0 Å². The maximum atomic E-state index is 12.6. The fraction of sp³-hybridized carbons (Fsp3) is 0.391. The molecule has 0 aliphatic carbocycles. The van der Waals surface area contributed by atoms with Crippen LogP contribution in [-0.4, -0.2) is 32.2 Å². The van der Waals surface area contributed by atoms with Crippen LogP contribution in [0.5, 0.6) is 0 Å². The van der Waals surface area contributed by atoms with Crippen molar-refractivity contribution in [2.45, 2.75) is 52.2 Å². The van der Waals surface area contributed by atoms with Crippen molar-refractivity contribution in [1.29, 1.82) is 0 Å². The molecule has 0 spiro atoms. The Balaban J connectivity index is 2.02. The number of rotatable bonds is 11. The van der Waals surface area contributed by atoms with Crippen molar-refractivity contribution in [2.24, 2.45) is 0 Å². The van der Waals surface area contributed by atoms with Gasteiger partial charge in [0.25, 0.3) is 5.91 Å². The SMILES string of the molecule is CCCC(NC(=O)C(C)OC(=O)c1cccc(NS(=O)(=O)CCC)c1)c1ccccc1. The van der Waals surface area contributed by atoms with E-state index in [-0.39, 0.29) is 23.0 Å². The van der Waals surface area contributed by atoms with Gasteiger partial charge in [-0.3, -0.25) is 9.52 Å². The molecule has 1 amide bonds. The Morgan fingerprint density at radius 1 is 1.00 bits per heavy atom. The fourth-order valence-electron chi connectivity index (χ4n) is 3.08. The first-order valence-electron chi connectivity index (χ1n) is 10.4. The Bertz CT molecular complexity index is 976. The predicted octanol–water partition coefficient (Wildman–Crippen LogP) is 4.04. The van der Waals surface area contributed by atoms with Crippen molar-refractivity contribution >= 4 is 27.6 Å². The highest BCUT2D eigenvalue weighted by atomic mass is 32.2. The normalized spacial score (nSPS) is 13.1. The van der Waals surface area contributed by atoms with E-state index in [0.29, 0.717) is 6.42 Å². The van der Waals surface area contributed by atoms with Gasteiger partial charge in [0.1, 0.15) is 0 Å². The van der Waals surface area contributed by atoms with Crippen molar-refractivity contribution in [3.8, 4) is 0 Å². The number of amides is 1. The molecule has 7 nitrogen and oxygen atoms in total. The lowest BCUT2D eigenvalue weighted by molar-refractivity contribution is -0.129. The van der Waals surface area contributed by atoms with Gasteiger partial charge >= 0.3 is 5.97 Å². The summed E-state index contributed by atoms with van der Waals surface area (Å²) >= 11 is 0. The number of hydrogen-bond donors (Lipinski definition) is 2. The molecule has 2 rings (SSSR count). The standard InChI is InChI=1S/C23H30N2O5S/c1-4-10-21(18-11-7-6-8-12-18)24-22(26)17(3)30-23(27)19-13-9-14-20(16-19)25-31(28,29)15-5-2/h6-9,11-14,16-17,21,25H,4-5,10,15H2,1-3H3,(H,24,26). The fourth-order valence-corrected chi connectivity index (χ4v) is 4.20. The Hall–Kier alpha value is -2.87. The quantitative estimate of drug-likeness (QED) is 0.507. The number of ether oxygens (including phenoxy) is 1. The van der Waals surface area contributed by atoms with Crippen LogP contribution in [0.25, 0.3) is 0 Å². The van der Waals surface area contributed by atoms with Crippen molar-refractivity contribution in [3.63, 3.8) is 0 Å². The summed E-state index contributed by atoms with van der Waals surface area (Å²) in [6.45, 7) is 5.31. The van der Waals surface area contributed by atoms with Gasteiger partial charge in [-0.25, -0.2) is 13.2 Å². The average Bonchev–Trinajstić information content (AvgIpc) is 2.73. The highest BCUT2D eigenvalue weighted by molar-refractivity contribution is 7.92. The molecular weight excluding hydrogens is 416 g/mol. The first-order chi connectivity index (χ1) is 14.8. The Morgan fingerprint density at radius 3 is 2.35 bits per heavy atom. The molecule has 2 aromatic rings. The van der Waals surface area contributed by atoms with E-state index in [9.17, 15) is 18.0 Å². The predicted molar refractivity (Wildman–Crippen MR) is 121 cm³/mol. The largest absolute Gasteiger partial charge is 0.449 e. The summed E-state index contributed by atoms with van der Waals surface area (Å²) in [5.74, 6) is -1.11. The summed E-state index contributed by atoms with van der Waals surface area (Å²) in [5, 5.41) is 2.94. The molecule has 8 heteroatoms. The zero-order valence-corrected chi connectivity index (χ0v) is 18.9. The monoisotopic (exact) mass is 446 g/mol. The summed E-state index contributed by atoms with van der Waals surface area (Å²) in [6.07, 6.45) is 1.12. The van der Waals surface area contributed by atoms with Crippen molar-refractivity contribution in [2.75, 3.05) is 10.5 Å². The molecule has 0 aromatic heterocycles. The zero-order valence-electron chi connectivity index (χ0n) is 18.1. The van der Waals surface area contributed by atoms with Crippen LogP contribution in [0.3, 0.4) is 0 Å². The highest BCUT2D eigenvalue weighted by Gasteiger charge is 2.22. The van der Waals surface area contributed by atoms with Crippen LogP contribution in [0, 0.1) is 0 Å². The maximum Gasteiger partial charge on any atom is 0.338 e. The minimum absolute atomic E-state index is 0.0147. The second-order valence-corrected chi connectivity index (χ2v) is 9.15. The molecule has 2 atom stereocenters. The molecule has 2 aromatic carbocycles. The molecule has 2 N–H and O–H groups in total. The van der Waals surface area contributed by atoms with Gasteiger partial charge < -0.3 is 10.1 Å². The minimum Gasteiger partial charge on any atom is -0.449 e. The molecule has 0 aliphatic heterocycles. The van der Waals surface area contributed by atoms with E-state index in [2.05, 4.69) is 10.0 Å². The molecule has 31 heavy (non-hydrogen) atoms. The summed E-state index contributed by atoms with van der Waals surface area (Å²) in [7, 11) is -3.48. The van der Waals surface area contributed by atoms with Crippen LogP contribution in [0.15, 0.2) is 54.6 Å². The Labute approximate surface area is 184 Å². The van der Waals surface area contributed by atoms with Gasteiger partial charge in [-0.05, 0) is 43.5 Å². The first-order valence-corrected chi connectivity index (χ1v) is 12.1. The Kier molecular flexibility index (Phi) is 9.05. The summed E-state index contributed by atoms with van der Waals surface area (Å²) < 4.78 is 31.6. The lowest BCUT2D eigenvalue weighted by Crippen LogP contribution is -2.38. The smallest absolute Gasteiger partial charge is 0.338 e. The molecule has 0 saturated carbocycles. The van der Waals surface area contributed by atoms with Crippen LogP contribution < -0.4 is 10.0 Å². The summed E-state index contributed by atoms with van der Waals surface area (Å²) in [5.41, 5.74) is 1.42. The number of carbonyl (C=O) groups is 2. The number of nitrogens with one attached hydrogen (secondary N) is 2. The first kappa shape index (κ1) is 24.4. The van der Waals surface area contributed by atoms with Gasteiger partial charge in [0.05, 0.1) is 17.4 Å². The van der Waals surface area contributed by atoms with Crippen molar-refractivity contribution in [3.05, 3.63) is 65.7 Å².